The molecule has 10 heteroatoms. The molecule has 1 aromatic heterocycles. The molecule has 0 bridgehead atoms. The lowest BCUT2D eigenvalue weighted by atomic mass is 10.0. The number of esters is 1. The van der Waals surface area contributed by atoms with Crippen LogP contribution in [0.5, 0.6) is 5.75 Å². The molecular weight excluding hydrogens is 714 g/mol. The van der Waals surface area contributed by atoms with Crippen LogP contribution in [0.15, 0.2) is 103 Å². The molecule has 0 aliphatic carbocycles. The number of hydrazone groups is 1. The van der Waals surface area contributed by atoms with Crippen LogP contribution in [0.25, 0.3) is 22.0 Å². The lowest BCUT2D eigenvalue weighted by Crippen LogP contribution is -2.19. The predicted octanol–water partition coefficient (Wildman–Crippen LogP) is 8.76. The average molecular weight is 731 g/mol. The van der Waals surface area contributed by atoms with Crippen LogP contribution in [0.4, 0.5) is 0 Å². The topological polar surface area (TPSA) is 83.5 Å². The van der Waals surface area contributed by atoms with E-state index < -0.39 is 11.9 Å². The highest BCUT2D eigenvalue weighted by atomic mass is 79.9. The Bertz CT molecular complexity index is 1740. The Hall–Kier alpha value is -3.24. The molecule has 1 amide bonds. The molecule has 0 atom stereocenters. The normalized spacial score (nSPS) is 11.2. The first-order valence-electron chi connectivity index (χ1n) is 11.5. The SMILES string of the molecule is O=C(Oc1c(Br)cc(Br)cc1C=NNC(=O)c1[nH]c2c(Cl)cc(Br)cc2c1-c1ccccc1)c1ccccc1. The molecule has 0 unspecified atom stereocenters. The summed E-state index contributed by atoms with van der Waals surface area (Å²) < 4.78 is 7.72. The van der Waals surface area contributed by atoms with Crippen molar-refractivity contribution in [3.8, 4) is 16.9 Å². The van der Waals surface area contributed by atoms with Crippen molar-refractivity contribution in [2.24, 2.45) is 5.10 Å². The van der Waals surface area contributed by atoms with Crippen molar-refractivity contribution in [1.82, 2.24) is 10.4 Å². The van der Waals surface area contributed by atoms with E-state index in [-0.39, 0.29) is 5.75 Å². The van der Waals surface area contributed by atoms with Gasteiger partial charge in [-0.05, 0) is 57.9 Å². The molecule has 0 spiro atoms. The van der Waals surface area contributed by atoms with Gasteiger partial charge in [0.1, 0.15) is 5.69 Å². The molecular formula is C29H17Br3ClN3O3. The predicted molar refractivity (Wildman–Crippen MR) is 165 cm³/mol. The second-order valence-corrected chi connectivity index (χ2v) is 11.4. The van der Waals surface area contributed by atoms with Gasteiger partial charge in [-0.25, -0.2) is 10.2 Å². The minimum Gasteiger partial charge on any atom is -0.421 e. The van der Waals surface area contributed by atoms with Crippen molar-refractivity contribution in [2.45, 2.75) is 0 Å². The molecule has 5 rings (SSSR count). The Morgan fingerprint density at radius 1 is 0.897 bits per heavy atom. The Balaban J connectivity index is 1.46. The monoisotopic (exact) mass is 727 g/mol. The molecule has 194 valence electrons. The van der Waals surface area contributed by atoms with Gasteiger partial charge in [-0.3, -0.25) is 4.79 Å². The van der Waals surface area contributed by atoms with Crippen LogP contribution in [-0.2, 0) is 0 Å². The molecule has 0 aliphatic heterocycles. The van der Waals surface area contributed by atoms with E-state index in [1.807, 2.05) is 42.5 Å². The van der Waals surface area contributed by atoms with Crippen LogP contribution in [0, 0.1) is 0 Å². The standard InChI is InChI=1S/C29H17Br3ClN3O3/c30-19-11-18(27(22(32)13-19)39-29(38)17-9-5-2-6-10-17)15-34-36-28(37)26-24(16-7-3-1-4-8-16)21-12-20(31)14-23(33)25(21)35-26/h1-15,35H,(H,36,37). The number of benzene rings is 4. The van der Waals surface area contributed by atoms with Gasteiger partial charge in [-0.15, -0.1) is 0 Å². The van der Waals surface area contributed by atoms with E-state index in [1.165, 1.54) is 6.21 Å². The molecule has 0 aliphatic rings. The lowest BCUT2D eigenvalue weighted by molar-refractivity contribution is 0.0733. The number of aromatic nitrogens is 1. The van der Waals surface area contributed by atoms with Crippen LogP contribution >= 0.6 is 59.4 Å². The zero-order valence-electron chi connectivity index (χ0n) is 19.8. The zero-order valence-corrected chi connectivity index (χ0v) is 25.4. The van der Waals surface area contributed by atoms with Crippen LogP contribution in [0.2, 0.25) is 5.02 Å². The summed E-state index contributed by atoms with van der Waals surface area (Å²) in [4.78, 5) is 29.2. The number of fused-ring (bicyclic) bond motifs is 1. The highest BCUT2D eigenvalue weighted by Gasteiger charge is 2.21. The number of ether oxygens (including phenoxy) is 1. The van der Waals surface area contributed by atoms with Crippen molar-refractivity contribution in [2.75, 3.05) is 0 Å². The fourth-order valence-corrected chi connectivity index (χ4v) is 6.22. The fraction of sp³-hybridized carbons (Fsp3) is 0. The summed E-state index contributed by atoms with van der Waals surface area (Å²) in [6.45, 7) is 0. The van der Waals surface area contributed by atoms with E-state index >= 15 is 0 Å². The number of carbonyl (C=O) groups is 2. The molecule has 2 N–H and O–H groups in total. The van der Waals surface area contributed by atoms with Gasteiger partial charge >= 0.3 is 5.97 Å². The third-order valence-electron chi connectivity index (χ3n) is 5.72. The van der Waals surface area contributed by atoms with Gasteiger partial charge in [0.2, 0.25) is 0 Å². The van der Waals surface area contributed by atoms with Gasteiger partial charge in [0.25, 0.3) is 5.91 Å². The van der Waals surface area contributed by atoms with E-state index in [9.17, 15) is 9.59 Å². The average Bonchev–Trinajstić information content (AvgIpc) is 3.31. The third-order valence-corrected chi connectivity index (χ3v) is 7.53. The maximum atomic E-state index is 13.4. The Morgan fingerprint density at radius 3 is 2.28 bits per heavy atom. The Labute approximate surface area is 253 Å². The van der Waals surface area contributed by atoms with Crippen LogP contribution < -0.4 is 10.2 Å². The molecule has 0 radical (unpaired) electrons. The highest BCUT2D eigenvalue weighted by Crippen LogP contribution is 2.38. The summed E-state index contributed by atoms with van der Waals surface area (Å²) in [6.07, 6.45) is 1.41. The number of H-pyrrole nitrogens is 1. The minimum atomic E-state index is -0.522. The number of nitrogens with one attached hydrogen (secondary N) is 2. The van der Waals surface area contributed by atoms with E-state index in [2.05, 4.69) is 63.3 Å². The van der Waals surface area contributed by atoms with Gasteiger partial charge in [-0.1, -0.05) is 92.0 Å². The first-order chi connectivity index (χ1) is 18.8. The maximum Gasteiger partial charge on any atom is 0.343 e. The van der Waals surface area contributed by atoms with Crippen molar-refractivity contribution >= 4 is 88.4 Å². The summed E-state index contributed by atoms with van der Waals surface area (Å²) in [5.74, 6) is -0.728. The van der Waals surface area contributed by atoms with Crippen LogP contribution in [0.1, 0.15) is 26.4 Å². The number of rotatable bonds is 6. The first-order valence-corrected chi connectivity index (χ1v) is 14.2. The van der Waals surface area contributed by atoms with Crippen LogP contribution in [0.3, 0.4) is 0 Å². The quantitative estimate of drug-likeness (QED) is 0.0794. The number of amides is 1. The molecule has 5 aromatic rings. The number of hydrogen-bond acceptors (Lipinski definition) is 4. The summed E-state index contributed by atoms with van der Waals surface area (Å²) in [5.41, 5.74) is 5.93. The minimum absolute atomic E-state index is 0.261. The number of halogens is 4. The molecule has 0 saturated carbocycles. The van der Waals surface area contributed by atoms with Gasteiger partial charge < -0.3 is 9.72 Å². The maximum absolute atomic E-state index is 13.4. The van der Waals surface area contributed by atoms with Gasteiger partial charge in [0.05, 0.1) is 26.8 Å². The van der Waals surface area contributed by atoms with Gasteiger partial charge in [0.15, 0.2) is 5.75 Å². The second kappa shape index (κ2) is 11.9. The molecule has 6 nitrogen and oxygen atoms in total. The molecule has 39 heavy (non-hydrogen) atoms. The molecule has 1 heterocycles. The van der Waals surface area contributed by atoms with Crippen LogP contribution in [-0.4, -0.2) is 23.1 Å². The van der Waals surface area contributed by atoms with E-state index in [4.69, 9.17) is 16.3 Å². The van der Waals surface area contributed by atoms with Gasteiger partial charge in [-0.2, -0.15) is 5.10 Å². The van der Waals surface area contributed by atoms with Crippen molar-refractivity contribution < 1.29 is 14.3 Å². The smallest absolute Gasteiger partial charge is 0.343 e. The van der Waals surface area contributed by atoms with Crippen molar-refractivity contribution in [3.63, 3.8) is 0 Å². The molecule has 0 fully saturated rings. The molecule has 4 aromatic carbocycles. The number of aromatic amines is 1. The molecule has 0 saturated heterocycles. The Kier molecular flexibility index (Phi) is 8.32. The van der Waals surface area contributed by atoms with Gasteiger partial charge in [0, 0.05) is 25.5 Å². The zero-order chi connectivity index (χ0) is 27.5. The van der Waals surface area contributed by atoms with E-state index in [0.29, 0.717) is 37.4 Å². The number of hydrogen-bond donors (Lipinski definition) is 2. The van der Waals surface area contributed by atoms with Crippen molar-refractivity contribution in [1.29, 1.82) is 0 Å². The summed E-state index contributed by atoms with van der Waals surface area (Å²) in [7, 11) is 0. The Morgan fingerprint density at radius 2 is 1.56 bits per heavy atom. The van der Waals surface area contributed by atoms with E-state index in [0.717, 1.165) is 19.9 Å². The van der Waals surface area contributed by atoms with E-state index in [1.54, 1.807) is 42.5 Å². The lowest BCUT2D eigenvalue weighted by Gasteiger charge is -2.10. The second-order valence-electron chi connectivity index (χ2n) is 8.31. The summed E-state index contributed by atoms with van der Waals surface area (Å²) in [6, 6.07) is 25.4. The highest BCUT2D eigenvalue weighted by molar-refractivity contribution is 9.11. The summed E-state index contributed by atoms with van der Waals surface area (Å²) >= 11 is 16.9. The number of carbonyl (C=O) groups excluding carboxylic acids is 2. The van der Waals surface area contributed by atoms with Crippen molar-refractivity contribution in [3.05, 3.63) is 120 Å². The largest absolute Gasteiger partial charge is 0.421 e. The summed E-state index contributed by atoms with van der Waals surface area (Å²) in [5, 5.41) is 5.43. The first kappa shape index (κ1) is 27.3. The number of nitrogens with zero attached hydrogens (tertiary/aromatic N) is 1. The third kappa shape index (κ3) is 6.01. The fourth-order valence-electron chi connectivity index (χ4n) is 4.02.